The molecule has 1 aromatic rings. The van der Waals surface area contributed by atoms with Gasteiger partial charge in [0.25, 0.3) is 0 Å². The summed E-state index contributed by atoms with van der Waals surface area (Å²) in [5.41, 5.74) is 0. The summed E-state index contributed by atoms with van der Waals surface area (Å²) in [7, 11) is 1.88. The first kappa shape index (κ1) is 11.6. The van der Waals surface area contributed by atoms with E-state index in [-0.39, 0.29) is 6.04 Å². The predicted molar refractivity (Wildman–Crippen MR) is 66.5 cm³/mol. The number of hydrogen-bond acceptors (Lipinski definition) is 2. The topological polar surface area (TPSA) is 12.0 Å². The number of benzene rings is 1. The molecule has 3 heteroatoms. The van der Waals surface area contributed by atoms with Gasteiger partial charge in [0.05, 0.1) is 6.04 Å². The molecule has 1 unspecified atom stereocenters. The number of nitrogens with one attached hydrogen (secondary N) is 1. The average Bonchev–Trinajstić information content (AvgIpc) is 2.22. The van der Waals surface area contributed by atoms with Crippen molar-refractivity contribution in [3.05, 3.63) is 28.7 Å². The van der Waals surface area contributed by atoms with Crippen molar-refractivity contribution in [3.63, 3.8) is 0 Å². The largest absolute Gasteiger partial charge is 0.306 e. The minimum atomic E-state index is 0.132. The quantitative estimate of drug-likeness (QED) is 0.667. The van der Waals surface area contributed by atoms with Gasteiger partial charge < -0.3 is 5.32 Å². The minimum Gasteiger partial charge on any atom is -0.306 e. The van der Waals surface area contributed by atoms with E-state index in [0.717, 1.165) is 10.2 Å². The van der Waals surface area contributed by atoms with Gasteiger partial charge in [-0.25, -0.2) is 0 Å². The molecule has 0 spiro atoms. The minimum absolute atomic E-state index is 0.132. The maximum Gasteiger partial charge on any atom is 0.0779 e. The summed E-state index contributed by atoms with van der Waals surface area (Å²) in [4.78, 5) is 1.23. The monoisotopic (exact) mass is 269 g/mol. The second kappa shape index (κ2) is 6.13. The van der Waals surface area contributed by atoms with E-state index in [4.69, 9.17) is 6.42 Å². The van der Waals surface area contributed by atoms with Crippen LogP contribution in [0.25, 0.3) is 0 Å². The van der Waals surface area contributed by atoms with Gasteiger partial charge in [-0.1, -0.05) is 18.1 Å². The van der Waals surface area contributed by atoms with Crippen LogP contribution in [0.15, 0.2) is 33.6 Å². The number of terminal acetylenes is 1. The zero-order chi connectivity index (χ0) is 10.4. The molecule has 0 aliphatic carbocycles. The van der Waals surface area contributed by atoms with Crippen LogP contribution in [0.4, 0.5) is 0 Å². The molecule has 1 aromatic carbocycles. The van der Waals surface area contributed by atoms with Gasteiger partial charge in [-0.3, -0.25) is 0 Å². The number of hydrogen-bond donors (Lipinski definition) is 1. The lowest BCUT2D eigenvalue weighted by molar-refractivity contribution is 0.759. The van der Waals surface area contributed by atoms with Crippen LogP contribution in [0.2, 0.25) is 0 Å². The second-order valence-electron chi connectivity index (χ2n) is 2.75. The molecule has 0 saturated heterocycles. The third-order valence-corrected chi connectivity index (χ3v) is 3.91. The first-order valence-electron chi connectivity index (χ1n) is 4.28. The average molecular weight is 270 g/mol. The second-order valence-corrected chi connectivity index (χ2v) is 4.67. The Bertz CT molecular complexity index is 332. The van der Waals surface area contributed by atoms with Crippen molar-refractivity contribution < 1.29 is 0 Å². The van der Waals surface area contributed by atoms with E-state index < -0.39 is 0 Å². The molecule has 0 aromatic heterocycles. The van der Waals surface area contributed by atoms with Gasteiger partial charge >= 0.3 is 0 Å². The molecular weight excluding hydrogens is 258 g/mol. The highest BCUT2D eigenvalue weighted by Crippen LogP contribution is 2.27. The predicted octanol–water partition coefficient (Wildman–Crippen LogP) is 2.76. The van der Waals surface area contributed by atoms with Crippen LogP contribution in [-0.4, -0.2) is 18.8 Å². The lowest BCUT2D eigenvalue weighted by Crippen LogP contribution is -2.25. The summed E-state index contributed by atoms with van der Waals surface area (Å²) in [6.07, 6.45) is 5.35. The summed E-state index contributed by atoms with van der Waals surface area (Å²) >= 11 is 5.25. The maximum atomic E-state index is 5.35. The van der Waals surface area contributed by atoms with Gasteiger partial charge in [0.1, 0.15) is 0 Å². The standard InChI is InChI=1S/C11H12BrNS/c1-3-9(13-2)8-14-11-7-5-4-6-10(11)12/h1,4-7,9,13H,8H2,2H3. The van der Waals surface area contributed by atoms with Crippen molar-refractivity contribution in [2.24, 2.45) is 0 Å². The molecule has 0 amide bonds. The number of thioether (sulfide) groups is 1. The Morgan fingerprint density at radius 3 is 2.86 bits per heavy atom. The Kier molecular flexibility index (Phi) is 5.10. The Hall–Kier alpha value is -0.430. The highest BCUT2D eigenvalue weighted by Gasteiger charge is 2.04. The lowest BCUT2D eigenvalue weighted by atomic mass is 10.4. The maximum absolute atomic E-state index is 5.35. The molecule has 0 aliphatic rings. The SMILES string of the molecule is C#CC(CSc1ccccc1Br)NC. The van der Waals surface area contributed by atoms with Crippen molar-refractivity contribution in [1.82, 2.24) is 5.32 Å². The Labute approximate surface area is 97.8 Å². The lowest BCUT2D eigenvalue weighted by Gasteiger charge is -2.09. The van der Waals surface area contributed by atoms with Gasteiger partial charge in [0, 0.05) is 15.1 Å². The van der Waals surface area contributed by atoms with E-state index in [1.165, 1.54) is 4.90 Å². The summed E-state index contributed by atoms with van der Waals surface area (Å²) in [5.74, 6) is 3.58. The van der Waals surface area contributed by atoms with Gasteiger partial charge in [0.2, 0.25) is 0 Å². The molecule has 0 saturated carbocycles. The van der Waals surface area contributed by atoms with E-state index in [1.807, 2.05) is 25.2 Å². The van der Waals surface area contributed by atoms with Crippen LogP contribution in [0.1, 0.15) is 0 Å². The number of halogens is 1. The summed E-state index contributed by atoms with van der Waals surface area (Å²) in [5, 5.41) is 3.07. The molecule has 0 aliphatic heterocycles. The Balaban J connectivity index is 2.54. The first-order chi connectivity index (χ1) is 6.77. The highest BCUT2D eigenvalue weighted by molar-refractivity contribution is 9.10. The zero-order valence-electron chi connectivity index (χ0n) is 7.96. The van der Waals surface area contributed by atoms with E-state index in [0.29, 0.717) is 0 Å². The Morgan fingerprint density at radius 2 is 2.29 bits per heavy atom. The molecule has 1 atom stereocenters. The molecule has 14 heavy (non-hydrogen) atoms. The molecule has 0 radical (unpaired) electrons. The van der Waals surface area contributed by atoms with Crippen molar-refractivity contribution >= 4 is 27.7 Å². The fourth-order valence-corrected chi connectivity index (χ4v) is 2.57. The molecule has 0 bridgehead atoms. The Morgan fingerprint density at radius 1 is 1.57 bits per heavy atom. The highest BCUT2D eigenvalue weighted by atomic mass is 79.9. The molecule has 1 rings (SSSR count). The van der Waals surface area contributed by atoms with Crippen LogP contribution >= 0.6 is 27.7 Å². The van der Waals surface area contributed by atoms with E-state index in [2.05, 4.69) is 33.2 Å². The van der Waals surface area contributed by atoms with Crippen LogP contribution in [0, 0.1) is 12.3 Å². The normalized spacial score (nSPS) is 12.1. The zero-order valence-corrected chi connectivity index (χ0v) is 10.4. The third kappa shape index (κ3) is 3.38. The van der Waals surface area contributed by atoms with Gasteiger partial charge in [-0.2, -0.15) is 0 Å². The van der Waals surface area contributed by atoms with Crippen LogP contribution in [-0.2, 0) is 0 Å². The first-order valence-corrected chi connectivity index (χ1v) is 6.06. The van der Waals surface area contributed by atoms with E-state index in [1.54, 1.807) is 11.8 Å². The van der Waals surface area contributed by atoms with Crippen LogP contribution in [0.3, 0.4) is 0 Å². The summed E-state index contributed by atoms with van der Waals surface area (Å²) in [6.45, 7) is 0. The smallest absolute Gasteiger partial charge is 0.0779 e. The van der Waals surface area contributed by atoms with Gasteiger partial charge in [0.15, 0.2) is 0 Å². The molecule has 1 nitrogen and oxygen atoms in total. The van der Waals surface area contributed by atoms with Crippen molar-refractivity contribution in [3.8, 4) is 12.3 Å². The van der Waals surface area contributed by atoms with E-state index >= 15 is 0 Å². The van der Waals surface area contributed by atoms with Crippen LogP contribution < -0.4 is 5.32 Å². The molecule has 74 valence electrons. The summed E-state index contributed by atoms with van der Waals surface area (Å²) in [6, 6.07) is 8.28. The van der Waals surface area contributed by atoms with Crippen molar-refractivity contribution in [2.45, 2.75) is 10.9 Å². The fraction of sp³-hybridized carbons (Fsp3) is 0.273. The third-order valence-electron chi connectivity index (χ3n) is 1.79. The molecule has 0 fully saturated rings. The van der Waals surface area contributed by atoms with Crippen molar-refractivity contribution in [2.75, 3.05) is 12.8 Å². The van der Waals surface area contributed by atoms with Gasteiger partial charge in [-0.05, 0) is 35.1 Å². The number of rotatable bonds is 4. The molecule has 1 N–H and O–H groups in total. The van der Waals surface area contributed by atoms with Crippen molar-refractivity contribution in [1.29, 1.82) is 0 Å². The van der Waals surface area contributed by atoms with E-state index in [9.17, 15) is 0 Å². The van der Waals surface area contributed by atoms with Crippen LogP contribution in [0.5, 0.6) is 0 Å². The summed E-state index contributed by atoms with van der Waals surface area (Å²) < 4.78 is 1.12. The van der Waals surface area contributed by atoms with Gasteiger partial charge in [-0.15, -0.1) is 18.2 Å². The fourth-order valence-electron chi connectivity index (χ4n) is 0.950. The molecular formula is C11H12BrNS. The molecule has 0 heterocycles.